The van der Waals surface area contributed by atoms with Crippen LogP contribution in [0, 0.1) is 6.92 Å². The predicted molar refractivity (Wildman–Crippen MR) is 133 cm³/mol. The molecular weight excluding hydrogens is 485 g/mol. The Morgan fingerprint density at radius 1 is 1.19 bits per heavy atom. The van der Waals surface area contributed by atoms with Crippen molar-refractivity contribution in [1.29, 1.82) is 0 Å². The summed E-state index contributed by atoms with van der Waals surface area (Å²) in [5, 5.41) is 21.5. The van der Waals surface area contributed by atoms with Gasteiger partial charge in [0.2, 0.25) is 5.91 Å². The molecule has 3 aromatic rings. The smallest absolute Gasteiger partial charge is 0.385 e. The van der Waals surface area contributed by atoms with E-state index in [0.717, 1.165) is 49.3 Å². The van der Waals surface area contributed by atoms with Gasteiger partial charge in [-0.25, -0.2) is 0 Å². The Kier molecular flexibility index (Phi) is 6.61. The molecule has 1 aromatic carbocycles. The summed E-state index contributed by atoms with van der Waals surface area (Å²) >= 11 is 0. The fourth-order valence-electron chi connectivity index (χ4n) is 5.39. The molecule has 0 atom stereocenters. The van der Waals surface area contributed by atoms with E-state index in [9.17, 15) is 23.1 Å². The van der Waals surface area contributed by atoms with Crippen LogP contribution in [0.15, 0.2) is 36.5 Å². The van der Waals surface area contributed by atoms with Crippen LogP contribution < -0.4 is 10.6 Å². The fourth-order valence-corrected chi connectivity index (χ4v) is 5.39. The molecule has 0 spiro atoms. The van der Waals surface area contributed by atoms with E-state index in [0.29, 0.717) is 29.8 Å². The number of benzene rings is 1. The first-order valence-corrected chi connectivity index (χ1v) is 12.5. The topological polar surface area (TPSA) is 95.3 Å². The molecule has 3 heterocycles. The van der Waals surface area contributed by atoms with Gasteiger partial charge in [-0.1, -0.05) is 6.07 Å². The number of halogens is 3. The summed E-state index contributed by atoms with van der Waals surface area (Å²) in [4.78, 5) is 19.1. The van der Waals surface area contributed by atoms with Crippen LogP contribution >= 0.6 is 0 Å². The molecule has 37 heavy (non-hydrogen) atoms. The zero-order chi connectivity index (χ0) is 26.4. The van der Waals surface area contributed by atoms with Crippen molar-refractivity contribution in [2.24, 2.45) is 7.05 Å². The zero-order valence-corrected chi connectivity index (χ0v) is 20.8. The quantitative estimate of drug-likeness (QED) is 0.465. The largest absolute Gasteiger partial charge is 0.416 e. The highest BCUT2D eigenvalue weighted by molar-refractivity contribution is 5.92. The number of hydrogen-bond acceptors (Lipinski definition) is 6. The Labute approximate surface area is 212 Å². The third kappa shape index (κ3) is 5.28. The lowest BCUT2D eigenvalue weighted by Gasteiger charge is -2.48. The van der Waals surface area contributed by atoms with Crippen molar-refractivity contribution in [3.63, 3.8) is 0 Å². The number of anilines is 1. The highest BCUT2D eigenvalue weighted by Gasteiger charge is 2.40. The standard InChI is InChI=1S/C26H31F3N6O2/c1-16-3-4-18(12-30-16)25(37)9-7-20(8-10-25)35-14-19(15-35)32-23(36)13-31-24-21-11-17(26(27,28)29)5-6-22(21)34(2)33-24/h3-6,11-12,19-20,37H,7-10,13-15H2,1-2H3,(H,31,33)(H,32,36). The number of aliphatic hydroxyl groups is 1. The minimum Gasteiger partial charge on any atom is -0.385 e. The van der Waals surface area contributed by atoms with Gasteiger partial charge in [0.15, 0.2) is 5.82 Å². The highest BCUT2D eigenvalue weighted by atomic mass is 19.4. The first kappa shape index (κ1) is 25.5. The van der Waals surface area contributed by atoms with E-state index >= 15 is 0 Å². The molecule has 5 rings (SSSR count). The van der Waals surface area contributed by atoms with E-state index in [-0.39, 0.29) is 24.3 Å². The van der Waals surface area contributed by atoms with Crippen LogP contribution in [0.25, 0.3) is 10.9 Å². The number of aryl methyl sites for hydroxylation is 2. The Bertz CT molecular complexity index is 1280. The Morgan fingerprint density at radius 2 is 1.92 bits per heavy atom. The molecule has 198 valence electrons. The SMILES string of the molecule is Cc1ccc(C2(O)CCC(N3CC(NC(=O)CNc4nn(C)c5ccc(C(F)(F)F)cc45)C3)CC2)cn1. The third-order valence-corrected chi connectivity index (χ3v) is 7.62. The summed E-state index contributed by atoms with van der Waals surface area (Å²) in [7, 11) is 1.65. The van der Waals surface area contributed by atoms with Crippen molar-refractivity contribution in [3.05, 3.63) is 53.3 Å². The lowest BCUT2D eigenvalue weighted by Crippen LogP contribution is -2.63. The van der Waals surface area contributed by atoms with Crippen molar-refractivity contribution in [2.45, 2.75) is 56.5 Å². The van der Waals surface area contributed by atoms with Gasteiger partial charge in [-0.3, -0.25) is 19.4 Å². The van der Waals surface area contributed by atoms with Crippen LogP contribution in [-0.2, 0) is 23.6 Å². The maximum absolute atomic E-state index is 13.1. The number of likely N-dealkylation sites (tertiary alicyclic amines) is 1. The first-order valence-electron chi connectivity index (χ1n) is 12.5. The number of rotatable bonds is 6. The van der Waals surface area contributed by atoms with E-state index in [1.807, 2.05) is 19.1 Å². The van der Waals surface area contributed by atoms with Gasteiger partial charge in [0, 0.05) is 49.0 Å². The number of aromatic nitrogens is 3. The van der Waals surface area contributed by atoms with Crippen LogP contribution in [0.1, 0.15) is 42.5 Å². The van der Waals surface area contributed by atoms with Crippen molar-refractivity contribution in [1.82, 2.24) is 25.0 Å². The van der Waals surface area contributed by atoms with Gasteiger partial charge < -0.3 is 15.7 Å². The third-order valence-electron chi connectivity index (χ3n) is 7.62. The molecule has 8 nitrogen and oxygen atoms in total. The maximum atomic E-state index is 13.1. The number of hydrogen-bond donors (Lipinski definition) is 3. The van der Waals surface area contributed by atoms with Gasteiger partial charge in [0.05, 0.1) is 29.3 Å². The molecule has 1 saturated heterocycles. The van der Waals surface area contributed by atoms with Gasteiger partial charge in [-0.2, -0.15) is 18.3 Å². The number of amides is 1. The van der Waals surface area contributed by atoms with Crippen LogP contribution in [0.5, 0.6) is 0 Å². The van der Waals surface area contributed by atoms with E-state index in [1.165, 1.54) is 10.7 Å². The number of pyridine rings is 1. The Morgan fingerprint density at radius 3 is 2.57 bits per heavy atom. The average Bonchev–Trinajstić information content (AvgIpc) is 3.15. The highest BCUT2D eigenvalue weighted by Crippen LogP contribution is 2.39. The van der Waals surface area contributed by atoms with Gasteiger partial charge >= 0.3 is 6.18 Å². The monoisotopic (exact) mass is 516 g/mol. The number of nitrogens with zero attached hydrogens (tertiary/aromatic N) is 4. The molecule has 3 N–H and O–H groups in total. The van der Waals surface area contributed by atoms with Crippen LogP contribution in [-0.4, -0.2) is 62.4 Å². The van der Waals surface area contributed by atoms with Crippen molar-refractivity contribution in [3.8, 4) is 0 Å². The van der Waals surface area contributed by atoms with Gasteiger partial charge in [-0.15, -0.1) is 0 Å². The van der Waals surface area contributed by atoms with Crippen molar-refractivity contribution >= 4 is 22.6 Å². The second-order valence-electron chi connectivity index (χ2n) is 10.2. The second kappa shape index (κ2) is 9.60. The summed E-state index contributed by atoms with van der Waals surface area (Å²) in [6.45, 7) is 3.32. The number of nitrogens with one attached hydrogen (secondary N) is 2. The number of fused-ring (bicyclic) bond motifs is 1. The molecule has 0 unspecified atom stereocenters. The van der Waals surface area contributed by atoms with Crippen LogP contribution in [0.2, 0.25) is 0 Å². The summed E-state index contributed by atoms with van der Waals surface area (Å²) in [5.41, 5.74) is 0.745. The van der Waals surface area contributed by atoms with Gasteiger partial charge in [0.1, 0.15) is 0 Å². The fraction of sp³-hybridized carbons (Fsp3) is 0.500. The second-order valence-corrected chi connectivity index (χ2v) is 10.2. The van der Waals surface area contributed by atoms with E-state index < -0.39 is 17.3 Å². The molecule has 11 heteroatoms. The van der Waals surface area contributed by atoms with Crippen molar-refractivity contribution < 1.29 is 23.1 Å². The van der Waals surface area contributed by atoms with Crippen molar-refractivity contribution in [2.75, 3.05) is 25.0 Å². The van der Waals surface area contributed by atoms with Crippen LogP contribution in [0.4, 0.5) is 19.0 Å². The molecule has 1 amide bonds. The lowest BCUT2D eigenvalue weighted by atomic mass is 9.77. The normalized spacial score (nSPS) is 23.1. The number of carbonyl (C=O) groups is 1. The summed E-state index contributed by atoms with van der Waals surface area (Å²) in [5.74, 6) is 0.00720. The molecule has 2 aliphatic rings. The number of carbonyl (C=O) groups excluding carboxylic acids is 1. The predicted octanol–water partition coefficient (Wildman–Crippen LogP) is 3.34. The molecular formula is C26H31F3N6O2. The molecule has 2 fully saturated rings. The Hall–Kier alpha value is -3.18. The van der Waals surface area contributed by atoms with Gasteiger partial charge in [0.25, 0.3) is 0 Å². The molecule has 1 saturated carbocycles. The maximum Gasteiger partial charge on any atom is 0.416 e. The number of alkyl halides is 3. The summed E-state index contributed by atoms with van der Waals surface area (Å²) in [6.07, 6.45) is 0.409. The molecule has 1 aliphatic carbocycles. The molecule has 2 aromatic heterocycles. The Balaban J connectivity index is 1.09. The average molecular weight is 517 g/mol. The van der Waals surface area contributed by atoms with Crippen LogP contribution in [0.3, 0.4) is 0 Å². The molecule has 1 aliphatic heterocycles. The lowest BCUT2D eigenvalue weighted by molar-refractivity contribution is -0.137. The van der Waals surface area contributed by atoms with E-state index in [4.69, 9.17) is 0 Å². The minimum atomic E-state index is -4.45. The zero-order valence-electron chi connectivity index (χ0n) is 20.8. The van der Waals surface area contributed by atoms with Gasteiger partial charge in [-0.05, 0) is 56.9 Å². The van der Waals surface area contributed by atoms with E-state index in [1.54, 1.807) is 13.2 Å². The minimum absolute atomic E-state index is 0.0220. The molecule has 0 radical (unpaired) electrons. The summed E-state index contributed by atoms with van der Waals surface area (Å²) in [6, 6.07) is 7.72. The summed E-state index contributed by atoms with van der Waals surface area (Å²) < 4.78 is 40.9. The molecule has 0 bridgehead atoms. The van der Waals surface area contributed by atoms with E-state index in [2.05, 4.69) is 25.6 Å². The first-order chi connectivity index (χ1) is 17.5.